The van der Waals surface area contributed by atoms with E-state index in [-0.39, 0.29) is 10.7 Å². The predicted molar refractivity (Wildman–Crippen MR) is 146 cm³/mol. The lowest BCUT2D eigenvalue weighted by molar-refractivity contribution is -0.122. The Bertz CT molecular complexity index is 1730. The van der Waals surface area contributed by atoms with E-state index >= 15 is 0 Å². The lowest BCUT2D eigenvalue weighted by atomic mass is 10.0. The number of pyridine rings is 2. The maximum atomic E-state index is 13.6. The van der Waals surface area contributed by atoms with E-state index in [1.54, 1.807) is 36.5 Å². The molecule has 8 heteroatoms. The number of thiocarbonyl (C=S) groups is 1. The molecule has 3 heterocycles. The number of nitrogens with one attached hydrogen (secondary N) is 1. The molecule has 7 nitrogen and oxygen atoms in total. The Hall–Kier alpha value is -4.95. The normalized spacial score (nSPS) is 14.9. The fourth-order valence-electron chi connectivity index (χ4n) is 4.21. The van der Waals surface area contributed by atoms with Crippen molar-refractivity contribution in [1.82, 2.24) is 15.3 Å². The molecule has 1 N–H and O–H groups in total. The number of benzene rings is 3. The quantitative estimate of drug-likeness (QED) is 0.153. The van der Waals surface area contributed by atoms with E-state index in [4.69, 9.17) is 21.9 Å². The van der Waals surface area contributed by atoms with Crippen molar-refractivity contribution in [3.8, 4) is 11.5 Å². The van der Waals surface area contributed by atoms with Gasteiger partial charge in [0.1, 0.15) is 17.1 Å². The van der Waals surface area contributed by atoms with Crippen LogP contribution in [0.3, 0.4) is 0 Å². The fraction of sp³-hybridized carbons (Fsp3) is 0. The van der Waals surface area contributed by atoms with Crippen LogP contribution in [0.1, 0.15) is 5.69 Å². The van der Waals surface area contributed by atoms with E-state index in [9.17, 15) is 9.59 Å². The summed E-state index contributed by atoms with van der Waals surface area (Å²) in [6.45, 7) is 0. The molecule has 37 heavy (non-hydrogen) atoms. The number of rotatable bonds is 4. The van der Waals surface area contributed by atoms with Gasteiger partial charge in [-0.3, -0.25) is 24.8 Å². The molecule has 1 aliphatic rings. The van der Waals surface area contributed by atoms with Crippen LogP contribution in [0.15, 0.2) is 103 Å². The largest absolute Gasteiger partial charge is 0.457 e. The Kier molecular flexibility index (Phi) is 5.63. The minimum Gasteiger partial charge on any atom is -0.457 e. The molecular weight excluding hydrogens is 484 g/mol. The van der Waals surface area contributed by atoms with Crippen LogP contribution in [0, 0.1) is 0 Å². The Morgan fingerprint density at radius 3 is 2.32 bits per heavy atom. The number of para-hydroxylation sites is 2. The lowest BCUT2D eigenvalue weighted by Gasteiger charge is -2.29. The molecule has 1 aliphatic heterocycles. The maximum Gasteiger partial charge on any atom is 0.270 e. The van der Waals surface area contributed by atoms with E-state index in [1.165, 1.54) is 11.0 Å². The summed E-state index contributed by atoms with van der Waals surface area (Å²) in [5.74, 6) is 0.172. The van der Waals surface area contributed by atoms with Crippen LogP contribution in [-0.4, -0.2) is 26.9 Å². The second kappa shape index (κ2) is 9.25. The fourth-order valence-corrected chi connectivity index (χ4v) is 4.50. The van der Waals surface area contributed by atoms with Gasteiger partial charge in [-0.15, -0.1) is 0 Å². The van der Waals surface area contributed by atoms with E-state index in [0.29, 0.717) is 28.4 Å². The topological polar surface area (TPSA) is 84.4 Å². The van der Waals surface area contributed by atoms with E-state index in [1.807, 2.05) is 60.7 Å². The highest BCUT2D eigenvalue weighted by Crippen LogP contribution is 2.29. The molecule has 3 aromatic carbocycles. The van der Waals surface area contributed by atoms with Gasteiger partial charge in [0.25, 0.3) is 11.8 Å². The summed E-state index contributed by atoms with van der Waals surface area (Å²) in [6.07, 6.45) is 3.20. The first-order chi connectivity index (χ1) is 18.1. The summed E-state index contributed by atoms with van der Waals surface area (Å²) in [5.41, 5.74) is 2.35. The average molecular weight is 503 g/mol. The van der Waals surface area contributed by atoms with Crippen LogP contribution in [0.5, 0.6) is 11.5 Å². The number of ether oxygens (including phenoxy) is 1. The van der Waals surface area contributed by atoms with Gasteiger partial charge >= 0.3 is 0 Å². The average Bonchev–Trinajstić information content (AvgIpc) is 2.92. The van der Waals surface area contributed by atoms with Crippen LogP contribution >= 0.6 is 12.2 Å². The highest BCUT2D eigenvalue weighted by atomic mass is 32.1. The molecule has 0 unspecified atom stereocenters. The van der Waals surface area contributed by atoms with Crippen LogP contribution in [0.2, 0.25) is 0 Å². The van der Waals surface area contributed by atoms with Gasteiger partial charge in [-0.25, -0.2) is 4.98 Å². The lowest BCUT2D eigenvalue weighted by Crippen LogP contribution is -2.54. The van der Waals surface area contributed by atoms with Crippen molar-refractivity contribution in [2.75, 3.05) is 4.90 Å². The molecule has 0 atom stereocenters. The second-order valence-electron chi connectivity index (χ2n) is 8.28. The van der Waals surface area contributed by atoms with Crippen LogP contribution in [-0.2, 0) is 9.59 Å². The summed E-state index contributed by atoms with van der Waals surface area (Å²) in [4.78, 5) is 37.0. The Morgan fingerprint density at radius 2 is 1.51 bits per heavy atom. The standard InChI is InChI=1S/C29H18N4O3S/c34-27-23(17-25-22-10-6-16-30-26(22)21-9-4-5-11-24(21)31-25)28(35)33(29(37)32-27)18-12-14-20(15-13-18)36-19-7-2-1-3-8-19/h1-17H,(H,32,34,37). The number of anilines is 1. The van der Waals surface area contributed by atoms with Crippen molar-refractivity contribution in [2.24, 2.45) is 0 Å². The molecule has 0 spiro atoms. The van der Waals surface area contributed by atoms with Gasteiger partial charge in [0, 0.05) is 17.0 Å². The van der Waals surface area contributed by atoms with Crippen molar-refractivity contribution in [3.05, 3.63) is 108 Å². The van der Waals surface area contributed by atoms with Crippen molar-refractivity contribution in [3.63, 3.8) is 0 Å². The number of aromatic nitrogens is 2. The van der Waals surface area contributed by atoms with Crippen LogP contribution in [0.4, 0.5) is 5.69 Å². The van der Waals surface area contributed by atoms with Gasteiger partial charge < -0.3 is 4.74 Å². The number of carbonyl (C=O) groups excluding carboxylic acids is 2. The molecule has 0 saturated carbocycles. The zero-order valence-corrected chi connectivity index (χ0v) is 20.1. The molecule has 2 amide bonds. The smallest absolute Gasteiger partial charge is 0.270 e. The highest BCUT2D eigenvalue weighted by Gasteiger charge is 2.34. The third-order valence-corrected chi connectivity index (χ3v) is 6.22. The summed E-state index contributed by atoms with van der Waals surface area (Å²) in [6, 6.07) is 27.6. The van der Waals surface area contributed by atoms with Gasteiger partial charge in [-0.1, -0.05) is 36.4 Å². The molecule has 178 valence electrons. The number of fused-ring (bicyclic) bond motifs is 3. The Morgan fingerprint density at radius 1 is 0.811 bits per heavy atom. The second-order valence-corrected chi connectivity index (χ2v) is 8.67. The molecule has 0 aliphatic carbocycles. The van der Waals surface area contributed by atoms with E-state index in [2.05, 4.69) is 10.3 Å². The molecule has 1 fully saturated rings. The van der Waals surface area contributed by atoms with Gasteiger partial charge in [-0.05, 0) is 72.9 Å². The third kappa shape index (κ3) is 4.19. The highest BCUT2D eigenvalue weighted by molar-refractivity contribution is 7.80. The predicted octanol–water partition coefficient (Wildman–Crippen LogP) is 5.41. The zero-order chi connectivity index (χ0) is 25.4. The van der Waals surface area contributed by atoms with Crippen molar-refractivity contribution in [2.45, 2.75) is 0 Å². The van der Waals surface area contributed by atoms with Gasteiger partial charge in [0.15, 0.2) is 5.11 Å². The molecule has 2 aromatic heterocycles. The summed E-state index contributed by atoms with van der Waals surface area (Å²) >= 11 is 5.35. The van der Waals surface area contributed by atoms with Crippen molar-refractivity contribution in [1.29, 1.82) is 0 Å². The molecule has 5 aromatic rings. The van der Waals surface area contributed by atoms with Gasteiger partial charge in [-0.2, -0.15) is 0 Å². The SMILES string of the molecule is O=C1NC(=S)N(c2ccc(Oc3ccccc3)cc2)C(=O)C1=Cc1nc2ccccc2c2ncccc12. The van der Waals surface area contributed by atoms with Gasteiger partial charge in [0.05, 0.1) is 22.4 Å². The monoisotopic (exact) mass is 502 g/mol. The first-order valence-electron chi connectivity index (χ1n) is 11.5. The number of nitrogens with zero attached hydrogens (tertiary/aromatic N) is 3. The summed E-state index contributed by atoms with van der Waals surface area (Å²) in [5, 5.41) is 4.25. The van der Waals surface area contributed by atoms with Crippen molar-refractivity contribution >= 4 is 62.7 Å². The summed E-state index contributed by atoms with van der Waals surface area (Å²) in [7, 11) is 0. The maximum absolute atomic E-state index is 13.6. The van der Waals surface area contributed by atoms with E-state index < -0.39 is 11.8 Å². The zero-order valence-electron chi connectivity index (χ0n) is 19.3. The number of hydrogen-bond acceptors (Lipinski definition) is 6. The molecular formula is C29H18N4O3S. The molecule has 0 bridgehead atoms. The first kappa shape index (κ1) is 22.5. The van der Waals surface area contributed by atoms with Crippen LogP contribution in [0.25, 0.3) is 27.9 Å². The molecule has 1 saturated heterocycles. The number of carbonyl (C=O) groups is 2. The third-order valence-electron chi connectivity index (χ3n) is 5.94. The van der Waals surface area contributed by atoms with Gasteiger partial charge in [0.2, 0.25) is 0 Å². The Labute approximate surface area is 217 Å². The van der Waals surface area contributed by atoms with Crippen molar-refractivity contribution < 1.29 is 14.3 Å². The van der Waals surface area contributed by atoms with Crippen LogP contribution < -0.4 is 15.0 Å². The minimum absolute atomic E-state index is 0.00173. The summed E-state index contributed by atoms with van der Waals surface area (Å²) < 4.78 is 5.84. The molecule has 6 rings (SSSR count). The number of hydrogen-bond donors (Lipinski definition) is 1. The molecule has 0 radical (unpaired) electrons. The van der Waals surface area contributed by atoms with E-state index in [0.717, 1.165) is 16.3 Å². The first-order valence-corrected chi connectivity index (χ1v) is 11.9. The number of amides is 2. The minimum atomic E-state index is -0.581. The Balaban J connectivity index is 1.37.